The fourth-order valence-electron chi connectivity index (χ4n) is 1.82. The Bertz CT molecular complexity index is 531. The number of fused-ring (bicyclic) bond motifs is 1. The number of aromatic nitrogens is 2. The van der Waals surface area contributed by atoms with Gasteiger partial charge >= 0.3 is 0 Å². The molecule has 1 aliphatic rings. The molecule has 0 N–H and O–H groups in total. The Kier molecular flexibility index (Phi) is 2.60. The van der Waals surface area contributed by atoms with Crippen LogP contribution in [0, 0.1) is 5.92 Å². The van der Waals surface area contributed by atoms with Crippen LogP contribution in [0.3, 0.4) is 0 Å². The summed E-state index contributed by atoms with van der Waals surface area (Å²) in [5.74, 6) is 1.73. The molecule has 0 spiro atoms. The highest BCUT2D eigenvalue weighted by molar-refractivity contribution is 7.18. The molecule has 16 heavy (non-hydrogen) atoms. The zero-order chi connectivity index (χ0) is 11.1. The highest BCUT2D eigenvalue weighted by atomic mass is 35.5. The van der Waals surface area contributed by atoms with Crippen LogP contribution in [0.4, 0.5) is 0 Å². The van der Waals surface area contributed by atoms with E-state index >= 15 is 0 Å². The Morgan fingerprint density at radius 1 is 1.44 bits per heavy atom. The average molecular weight is 253 g/mol. The summed E-state index contributed by atoms with van der Waals surface area (Å²) in [6, 6.07) is 2.11. The van der Waals surface area contributed by atoms with Crippen LogP contribution in [0.15, 0.2) is 6.07 Å². The van der Waals surface area contributed by atoms with Crippen LogP contribution < -0.4 is 0 Å². The molecule has 2 aromatic rings. The molecular weight excluding hydrogens is 240 g/mol. The number of halogens is 1. The highest BCUT2D eigenvalue weighted by Gasteiger charge is 2.23. The maximum atomic E-state index is 6.19. The van der Waals surface area contributed by atoms with E-state index in [9.17, 15) is 0 Å². The van der Waals surface area contributed by atoms with E-state index in [1.54, 1.807) is 11.3 Å². The number of nitrogens with zero attached hydrogens (tertiary/aromatic N) is 2. The van der Waals surface area contributed by atoms with Crippen LogP contribution in [0.1, 0.15) is 30.5 Å². The quantitative estimate of drug-likeness (QED) is 0.776. The minimum absolute atomic E-state index is 0.622. The van der Waals surface area contributed by atoms with Gasteiger partial charge in [-0.1, -0.05) is 18.5 Å². The van der Waals surface area contributed by atoms with Gasteiger partial charge in [0.1, 0.15) is 15.8 Å². The Morgan fingerprint density at radius 3 is 2.94 bits per heavy atom. The zero-order valence-corrected chi connectivity index (χ0v) is 10.7. The van der Waals surface area contributed by atoms with Crippen molar-refractivity contribution in [1.29, 1.82) is 0 Å². The molecule has 0 atom stereocenters. The van der Waals surface area contributed by atoms with E-state index in [2.05, 4.69) is 23.0 Å². The molecule has 0 aliphatic heterocycles. The first-order valence-electron chi connectivity index (χ1n) is 5.71. The van der Waals surface area contributed by atoms with Gasteiger partial charge in [0.25, 0.3) is 0 Å². The van der Waals surface area contributed by atoms with Gasteiger partial charge in [-0.05, 0) is 31.2 Å². The summed E-state index contributed by atoms with van der Waals surface area (Å²) in [6.45, 7) is 2.15. The lowest BCUT2D eigenvalue weighted by Crippen LogP contribution is -1.96. The molecule has 0 unspecified atom stereocenters. The number of hydrogen-bond acceptors (Lipinski definition) is 3. The molecule has 0 saturated heterocycles. The minimum atomic E-state index is 0.622. The predicted molar refractivity (Wildman–Crippen MR) is 68.2 cm³/mol. The molecule has 1 saturated carbocycles. The van der Waals surface area contributed by atoms with Crippen LogP contribution >= 0.6 is 22.9 Å². The second kappa shape index (κ2) is 3.97. The van der Waals surface area contributed by atoms with Crippen molar-refractivity contribution in [2.24, 2.45) is 5.92 Å². The topological polar surface area (TPSA) is 25.8 Å². The van der Waals surface area contributed by atoms with Gasteiger partial charge in [-0.25, -0.2) is 9.97 Å². The largest absolute Gasteiger partial charge is 0.222 e. The summed E-state index contributed by atoms with van der Waals surface area (Å²) < 4.78 is 0. The highest BCUT2D eigenvalue weighted by Crippen LogP contribution is 2.34. The number of rotatable bonds is 3. The van der Waals surface area contributed by atoms with E-state index in [0.29, 0.717) is 5.15 Å². The van der Waals surface area contributed by atoms with Gasteiger partial charge in [0.15, 0.2) is 0 Å². The van der Waals surface area contributed by atoms with Crippen molar-refractivity contribution < 1.29 is 0 Å². The lowest BCUT2D eigenvalue weighted by Gasteiger charge is -1.99. The number of thiophene rings is 1. The Labute approximate surface area is 104 Å². The molecule has 2 heterocycles. The maximum absolute atomic E-state index is 6.19. The van der Waals surface area contributed by atoms with E-state index in [0.717, 1.165) is 34.8 Å². The molecular formula is C12H13ClN2S. The maximum Gasteiger partial charge on any atom is 0.141 e. The van der Waals surface area contributed by atoms with E-state index in [1.165, 1.54) is 17.7 Å². The third-order valence-corrected chi connectivity index (χ3v) is 4.42. The van der Waals surface area contributed by atoms with Gasteiger partial charge in [0, 0.05) is 16.7 Å². The van der Waals surface area contributed by atoms with Gasteiger partial charge in [0.2, 0.25) is 0 Å². The predicted octanol–water partition coefficient (Wildman–Crippen LogP) is 3.86. The standard InChI is InChI=1S/C12H13ClN2S/c1-2-8-6-9-11(13)14-10(5-7-3-4-7)15-12(9)16-8/h6-7H,2-5H2,1H3. The lowest BCUT2D eigenvalue weighted by atomic mass is 10.2. The lowest BCUT2D eigenvalue weighted by molar-refractivity contribution is 0.777. The molecule has 84 valence electrons. The summed E-state index contributed by atoms with van der Waals surface area (Å²) >= 11 is 7.93. The summed E-state index contributed by atoms with van der Waals surface area (Å²) in [6.07, 6.45) is 4.68. The molecule has 0 bridgehead atoms. The fourth-order valence-corrected chi connectivity index (χ4v) is 3.11. The molecule has 0 amide bonds. The Balaban J connectivity index is 2.04. The summed E-state index contributed by atoms with van der Waals surface area (Å²) in [4.78, 5) is 11.4. The number of hydrogen-bond donors (Lipinski definition) is 0. The average Bonchev–Trinajstić information content (AvgIpc) is 2.95. The molecule has 0 aromatic carbocycles. The van der Waals surface area contributed by atoms with Crippen molar-refractivity contribution in [1.82, 2.24) is 9.97 Å². The van der Waals surface area contributed by atoms with Crippen molar-refractivity contribution in [3.63, 3.8) is 0 Å². The Morgan fingerprint density at radius 2 is 2.25 bits per heavy atom. The molecule has 1 aliphatic carbocycles. The van der Waals surface area contributed by atoms with Crippen LogP contribution in [-0.2, 0) is 12.8 Å². The first kappa shape index (κ1) is 10.5. The van der Waals surface area contributed by atoms with Gasteiger partial charge in [-0.3, -0.25) is 0 Å². The SMILES string of the molecule is CCc1cc2c(Cl)nc(CC3CC3)nc2s1. The summed E-state index contributed by atoms with van der Waals surface area (Å²) in [5.41, 5.74) is 0. The first-order valence-corrected chi connectivity index (χ1v) is 6.90. The van der Waals surface area contributed by atoms with Gasteiger partial charge < -0.3 is 0 Å². The van der Waals surface area contributed by atoms with E-state index in [4.69, 9.17) is 11.6 Å². The van der Waals surface area contributed by atoms with Crippen LogP contribution in [-0.4, -0.2) is 9.97 Å². The zero-order valence-electron chi connectivity index (χ0n) is 9.16. The third-order valence-electron chi connectivity index (χ3n) is 2.96. The molecule has 2 aromatic heterocycles. The van der Waals surface area contributed by atoms with Crippen molar-refractivity contribution >= 4 is 33.2 Å². The van der Waals surface area contributed by atoms with Gasteiger partial charge in [-0.15, -0.1) is 11.3 Å². The normalized spacial score (nSPS) is 15.9. The third kappa shape index (κ3) is 1.94. The second-order valence-electron chi connectivity index (χ2n) is 4.36. The molecule has 3 rings (SSSR count). The van der Waals surface area contributed by atoms with Crippen molar-refractivity contribution in [3.8, 4) is 0 Å². The molecule has 4 heteroatoms. The first-order chi connectivity index (χ1) is 7.76. The summed E-state index contributed by atoms with van der Waals surface area (Å²) in [5, 5.41) is 1.64. The summed E-state index contributed by atoms with van der Waals surface area (Å²) in [7, 11) is 0. The Hall–Kier alpha value is -0.670. The number of aryl methyl sites for hydroxylation is 1. The van der Waals surface area contributed by atoms with Crippen LogP contribution in [0.25, 0.3) is 10.2 Å². The molecule has 0 radical (unpaired) electrons. The monoisotopic (exact) mass is 252 g/mol. The fraction of sp³-hybridized carbons (Fsp3) is 0.500. The molecule has 2 nitrogen and oxygen atoms in total. The molecule has 1 fully saturated rings. The van der Waals surface area contributed by atoms with E-state index in [-0.39, 0.29) is 0 Å². The second-order valence-corrected chi connectivity index (χ2v) is 5.84. The van der Waals surface area contributed by atoms with Crippen molar-refractivity contribution in [3.05, 3.63) is 21.9 Å². The van der Waals surface area contributed by atoms with Crippen LogP contribution in [0.2, 0.25) is 5.15 Å². The smallest absolute Gasteiger partial charge is 0.141 e. The van der Waals surface area contributed by atoms with E-state index in [1.807, 2.05) is 0 Å². The van der Waals surface area contributed by atoms with Crippen molar-refractivity contribution in [2.75, 3.05) is 0 Å². The minimum Gasteiger partial charge on any atom is -0.222 e. The van der Waals surface area contributed by atoms with E-state index < -0.39 is 0 Å². The van der Waals surface area contributed by atoms with Crippen molar-refractivity contribution in [2.45, 2.75) is 32.6 Å². The van der Waals surface area contributed by atoms with Gasteiger partial charge in [-0.2, -0.15) is 0 Å². The van der Waals surface area contributed by atoms with Gasteiger partial charge in [0.05, 0.1) is 0 Å². The van der Waals surface area contributed by atoms with Crippen LogP contribution in [0.5, 0.6) is 0 Å².